The monoisotopic (exact) mass is 320 g/mol. The fraction of sp³-hybridized carbons (Fsp3) is 0.300. The zero-order chi connectivity index (χ0) is 15.9. The highest BCUT2D eigenvalue weighted by Crippen LogP contribution is 2.32. The van der Waals surface area contributed by atoms with Crippen LogP contribution in [0.1, 0.15) is 16.8 Å². The number of fused-ring (bicyclic) bond motifs is 4. The van der Waals surface area contributed by atoms with Crippen molar-refractivity contribution in [3.05, 3.63) is 59.3 Å². The van der Waals surface area contributed by atoms with Crippen molar-refractivity contribution in [3.8, 4) is 11.5 Å². The van der Waals surface area contributed by atoms with Gasteiger partial charge in [0.25, 0.3) is 0 Å². The Kier molecular flexibility index (Phi) is 3.23. The number of aromatic amines is 1. The molecule has 0 saturated carbocycles. The Balaban J connectivity index is 1.39. The third-order valence-corrected chi connectivity index (χ3v) is 4.97. The van der Waals surface area contributed by atoms with Crippen LogP contribution in [0.2, 0.25) is 0 Å². The molecule has 4 heteroatoms. The summed E-state index contributed by atoms with van der Waals surface area (Å²) in [4.78, 5) is 6.09. The Morgan fingerprint density at radius 3 is 2.83 bits per heavy atom. The van der Waals surface area contributed by atoms with Gasteiger partial charge in [-0.1, -0.05) is 24.3 Å². The van der Waals surface area contributed by atoms with Crippen LogP contribution in [-0.2, 0) is 19.5 Å². The summed E-state index contributed by atoms with van der Waals surface area (Å²) in [5.41, 5.74) is 5.38. The summed E-state index contributed by atoms with van der Waals surface area (Å²) in [5, 5.41) is 1.36. The first-order chi connectivity index (χ1) is 11.9. The van der Waals surface area contributed by atoms with Crippen molar-refractivity contribution in [3.63, 3.8) is 0 Å². The van der Waals surface area contributed by atoms with Gasteiger partial charge < -0.3 is 14.5 Å². The number of H-pyrrole nitrogens is 1. The molecule has 0 radical (unpaired) electrons. The van der Waals surface area contributed by atoms with Crippen LogP contribution in [-0.4, -0.2) is 29.6 Å². The number of hydrogen-bond donors (Lipinski definition) is 1. The maximum atomic E-state index is 5.71. The molecule has 2 aliphatic heterocycles. The summed E-state index contributed by atoms with van der Waals surface area (Å²) < 4.78 is 11.3. The van der Waals surface area contributed by atoms with Crippen LogP contribution in [0, 0.1) is 0 Å². The lowest BCUT2D eigenvalue weighted by Crippen LogP contribution is -2.29. The standard InChI is InChI=1S/C20H20N2O2/c1-2-4-17-15(3-1)16-13-22(8-7-18(16)21-17)12-14-5-6-19-20(11-14)24-10-9-23-19/h1-6,11,21H,7-10,12-13H2. The van der Waals surface area contributed by atoms with E-state index in [1.54, 1.807) is 0 Å². The molecule has 0 saturated heterocycles. The van der Waals surface area contributed by atoms with Crippen molar-refractivity contribution < 1.29 is 9.47 Å². The van der Waals surface area contributed by atoms with Crippen LogP contribution in [0.5, 0.6) is 11.5 Å². The Morgan fingerprint density at radius 1 is 1.00 bits per heavy atom. The molecule has 0 spiro atoms. The van der Waals surface area contributed by atoms with Crippen LogP contribution >= 0.6 is 0 Å². The lowest BCUT2D eigenvalue weighted by Gasteiger charge is -2.27. The number of nitrogens with zero attached hydrogens (tertiary/aromatic N) is 1. The highest BCUT2D eigenvalue weighted by Gasteiger charge is 2.21. The van der Waals surface area contributed by atoms with Gasteiger partial charge in [-0.25, -0.2) is 0 Å². The molecule has 24 heavy (non-hydrogen) atoms. The third kappa shape index (κ3) is 2.34. The van der Waals surface area contributed by atoms with E-state index in [1.165, 1.54) is 27.7 Å². The Labute approximate surface area is 141 Å². The average Bonchev–Trinajstić information content (AvgIpc) is 3.00. The van der Waals surface area contributed by atoms with Crippen LogP contribution in [0.3, 0.4) is 0 Å². The Hall–Kier alpha value is -2.46. The van der Waals surface area contributed by atoms with Crippen LogP contribution in [0.25, 0.3) is 10.9 Å². The molecule has 122 valence electrons. The van der Waals surface area contributed by atoms with Gasteiger partial charge >= 0.3 is 0 Å². The fourth-order valence-corrected chi connectivity index (χ4v) is 3.80. The summed E-state index contributed by atoms with van der Waals surface area (Å²) in [5.74, 6) is 1.74. The highest BCUT2D eigenvalue weighted by molar-refractivity contribution is 5.84. The van der Waals surface area contributed by atoms with Gasteiger partial charge in [-0.2, -0.15) is 0 Å². The number of ether oxygens (including phenoxy) is 2. The van der Waals surface area contributed by atoms with E-state index in [0.717, 1.165) is 37.6 Å². The highest BCUT2D eigenvalue weighted by atomic mass is 16.6. The summed E-state index contributed by atoms with van der Waals surface area (Å²) in [6, 6.07) is 14.9. The van der Waals surface area contributed by atoms with Crippen LogP contribution in [0.4, 0.5) is 0 Å². The first kappa shape index (κ1) is 13.9. The summed E-state index contributed by atoms with van der Waals surface area (Å²) >= 11 is 0. The van der Waals surface area contributed by atoms with Crippen molar-refractivity contribution in [2.75, 3.05) is 19.8 Å². The van der Waals surface area contributed by atoms with Gasteiger partial charge in [0.1, 0.15) is 13.2 Å². The largest absolute Gasteiger partial charge is 0.486 e. The lowest BCUT2D eigenvalue weighted by atomic mass is 10.0. The molecule has 1 aromatic heterocycles. The molecule has 4 nitrogen and oxygen atoms in total. The van der Waals surface area contributed by atoms with Gasteiger partial charge in [-0.15, -0.1) is 0 Å². The van der Waals surface area contributed by atoms with Gasteiger partial charge in [0.05, 0.1) is 0 Å². The average molecular weight is 320 g/mol. The number of rotatable bonds is 2. The normalized spacial score (nSPS) is 17.0. The van der Waals surface area contributed by atoms with E-state index in [0.29, 0.717) is 13.2 Å². The molecular weight excluding hydrogens is 300 g/mol. The molecule has 0 bridgehead atoms. The van der Waals surface area contributed by atoms with Gasteiger partial charge in [0, 0.05) is 42.7 Å². The lowest BCUT2D eigenvalue weighted by molar-refractivity contribution is 0.171. The SMILES string of the molecule is c1ccc2c3c([nH]c2c1)CCN(Cc1ccc2c(c1)OCCO2)C3. The number of nitrogens with one attached hydrogen (secondary N) is 1. The van der Waals surface area contributed by atoms with E-state index in [4.69, 9.17) is 9.47 Å². The predicted molar refractivity (Wildman–Crippen MR) is 93.5 cm³/mol. The molecule has 2 aliphatic rings. The maximum absolute atomic E-state index is 5.71. The van der Waals surface area contributed by atoms with Gasteiger partial charge in [-0.3, -0.25) is 4.90 Å². The molecule has 0 atom stereocenters. The van der Waals surface area contributed by atoms with E-state index in [2.05, 4.69) is 46.3 Å². The molecule has 3 heterocycles. The predicted octanol–water partition coefficient (Wildman–Crippen LogP) is 3.50. The zero-order valence-electron chi connectivity index (χ0n) is 13.5. The minimum Gasteiger partial charge on any atom is -0.486 e. The summed E-state index contributed by atoms with van der Waals surface area (Å²) in [7, 11) is 0. The molecule has 0 aliphatic carbocycles. The summed E-state index contributed by atoms with van der Waals surface area (Å²) in [6.45, 7) is 4.29. The molecule has 0 unspecified atom stereocenters. The van der Waals surface area contributed by atoms with Gasteiger partial charge in [0.2, 0.25) is 0 Å². The van der Waals surface area contributed by atoms with Crippen molar-refractivity contribution in [2.45, 2.75) is 19.5 Å². The molecule has 3 aromatic rings. The number of hydrogen-bond acceptors (Lipinski definition) is 3. The van der Waals surface area contributed by atoms with E-state index >= 15 is 0 Å². The summed E-state index contributed by atoms with van der Waals surface area (Å²) in [6.07, 6.45) is 1.08. The van der Waals surface area contributed by atoms with Gasteiger partial charge in [-0.05, 0) is 29.3 Å². The van der Waals surface area contributed by atoms with Crippen molar-refractivity contribution in [1.29, 1.82) is 0 Å². The molecule has 5 rings (SSSR count). The second-order valence-corrected chi connectivity index (χ2v) is 6.57. The second kappa shape index (κ2) is 5.56. The third-order valence-electron chi connectivity index (χ3n) is 4.97. The van der Waals surface area contributed by atoms with Crippen LogP contribution in [0.15, 0.2) is 42.5 Å². The van der Waals surface area contributed by atoms with E-state index in [9.17, 15) is 0 Å². The zero-order valence-corrected chi connectivity index (χ0v) is 13.5. The minimum absolute atomic E-state index is 0.638. The van der Waals surface area contributed by atoms with Crippen LogP contribution < -0.4 is 9.47 Å². The number of aromatic nitrogens is 1. The fourth-order valence-electron chi connectivity index (χ4n) is 3.80. The first-order valence-electron chi connectivity index (χ1n) is 8.56. The Morgan fingerprint density at radius 2 is 1.88 bits per heavy atom. The van der Waals surface area contributed by atoms with E-state index < -0.39 is 0 Å². The number of para-hydroxylation sites is 1. The van der Waals surface area contributed by atoms with Crippen molar-refractivity contribution >= 4 is 10.9 Å². The number of benzene rings is 2. The molecule has 2 aromatic carbocycles. The van der Waals surface area contributed by atoms with E-state index in [1.807, 2.05) is 6.07 Å². The maximum Gasteiger partial charge on any atom is 0.161 e. The smallest absolute Gasteiger partial charge is 0.161 e. The second-order valence-electron chi connectivity index (χ2n) is 6.57. The molecule has 0 amide bonds. The molecule has 1 N–H and O–H groups in total. The quantitative estimate of drug-likeness (QED) is 0.785. The Bertz CT molecular complexity index is 900. The first-order valence-corrected chi connectivity index (χ1v) is 8.56. The molecular formula is C20H20N2O2. The topological polar surface area (TPSA) is 37.5 Å². The van der Waals surface area contributed by atoms with E-state index in [-0.39, 0.29) is 0 Å². The molecule has 0 fully saturated rings. The minimum atomic E-state index is 0.638. The van der Waals surface area contributed by atoms with Gasteiger partial charge in [0.15, 0.2) is 11.5 Å². The van der Waals surface area contributed by atoms with Crippen molar-refractivity contribution in [2.24, 2.45) is 0 Å². The van der Waals surface area contributed by atoms with Crippen molar-refractivity contribution in [1.82, 2.24) is 9.88 Å².